The number of rotatable bonds is 1. The molecule has 4 heteroatoms. The Morgan fingerprint density at radius 1 is 1.17 bits per heavy atom. The minimum Gasteiger partial charge on any atom is -0.280 e. The van der Waals surface area contributed by atoms with E-state index in [0.717, 1.165) is 11.0 Å². The van der Waals surface area contributed by atoms with Crippen molar-refractivity contribution in [3.8, 4) is 0 Å². The Kier molecular flexibility index (Phi) is 2.55. The van der Waals surface area contributed by atoms with E-state index in [1.165, 1.54) is 11.1 Å². The van der Waals surface area contributed by atoms with Crippen molar-refractivity contribution in [1.29, 1.82) is 0 Å². The van der Waals surface area contributed by atoms with Gasteiger partial charge in [0, 0.05) is 6.20 Å². The summed E-state index contributed by atoms with van der Waals surface area (Å²) in [5.41, 5.74) is 2.40. The molecule has 2 aromatic rings. The van der Waals surface area contributed by atoms with E-state index < -0.39 is 0 Å². The molecule has 0 amide bonds. The van der Waals surface area contributed by atoms with Crippen molar-refractivity contribution in [2.24, 2.45) is 0 Å². The molecule has 3 nitrogen and oxygen atoms in total. The predicted molar refractivity (Wildman–Crippen MR) is 75.6 cm³/mol. The number of benzene rings is 1. The molecule has 0 unspecified atom stereocenters. The van der Waals surface area contributed by atoms with E-state index in [9.17, 15) is 0 Å². The number of fused-ring (bicyclic) bond motifs is 2. The van der Waals surface area contributed by atoms with Gasteiger partial charge in [-0.25, -0.2) is 0 Å². The molecule has 0 spiro atoms. The fraction of sp³-hybridized carbons (Fsp3) is 0.286. The normalized spacial score (nSPS) is 15.9. The third-order valence-electron chi connectivity index (χ3n) is 3.44. The fourth-order valence-electron chi connectivity index (χ4n) is 2.46. The largest absolute Gasteiger partial charge is 0.280 e. The molecule has 0 fully saturated rings. The molecule has 1 aliphatic rings. The van der Waals surface area contributed by atoms with Gasteiger partial charge in [-0.1, -0.05) is 36.0 Å². The first-order valence-corrected chi connectivity index (χ1v) is 7.14. The zero-order valence-corrected chi connectivity index (χ0v) is 11.5. The van der Waals surface area contributed by atoms with Crippen molar-refractivity contribution >= 4 is 24.0 Å². The van der Waals surface area contributed by atoms with Crippen LogP contribution in [0.15, 0.2) is 29.4 Å². The van der Waals surface area contributed by atoms with Crippen LogP contribution in [0.25, 0.3) is 12.3 Å². The standard InChI is InChI=1S/C14H15N3S/c1-14(2)11-7-5-4-6-10(11)8-9-17-12(14)15-16-13(17)18-3/h4-9H,1-3H3. The van der Waals surface area contributed by atoms with Gasteiger partial charge in [0.25, 0.3) is 0 Å². The first-order chi connectivity index (χ1) is 8.64. The summed E-state index contributed by atoms with van der Waals surface area (Å²) in [6.07, 6.45) is 6.22. The van der Waals surface area contributed by atoms with Crippen LogP contribution in [-0.4, -0.2) is 21.0 Å². The molecule has 2 heterocycles. The maximum Gasteiger partial charge on any atom is 0.195 e. The molecule has 18 heavy (non-hydrogen) atoms. The molecule has 1 aromatic heterocycles. The molecule has 0 radical (unpaired) electrons. The molecule has 0 saturated heterocycles. The Balaban J connectivity index is 2.30. The summed E-state index contributed by atoms with van der Waals surface area (Å²) in [5, 5.41) is 9.56. The van der Waals surface area contributed by atoms with Crippen molar-refractivity contribution in [2.45, 2.75) is 24.4 Å². The highest BCUT2D eigenvalue weighted by Crippen LogP contribution is 2.36. The van der Waals surface area contributed by atoms with E-state index in [4.69, 9.17) is 0 Å². The monoisotopic (exact) mass is 257 g/mol. The van der Waals surface area contributed by atoms with E-state index in [-0.39, 0.29) is 5.41 Å². The first kappa shape index (κ1) is 11.5. The van der Waals surface area contributed by atoms with Crippen LogP contribution in [0.4, 0.5) is 0 Å². The second kappa shape index (κ2) is 3.99. The Hall–Kier alpha value is -1.55. The number of aromatic nitrogens is 3. The summed E-state index contributed by atoms with van der Waals surface area (Å²) in [7, 11) is 0. The van der Waals surface area contributed by atoms with Gasteiger partial charge in [0.15, 0.2) is 5.16 Å². The molecule has 1 aliphatic heterocycles. The van der Waals surface area contributed by atoms with Crippen molar-refractivity contribution < 1.29 is 0 Å². The molecule has 0 aliphatic carbocycles. The quantitative estimate of drug-likeness (QED) is 0.735. The summed E-state index contributed by atoms with van der Waals surface area (Å²) in [5.74, 6) is 0.994. The minimum absolute atomic E-state index is 0.138. The molecule has 3 rings (SSSR count). The van der Waals surface area contributed by atoms with E-state index in [2.05, 4.69) is 65.2 Å². The van der Waals surface area contributed by atoms with Crippen molar-refractivity contribution in [3.63, 3.8) is 0 Å². The topological polar surface area (TPSA) is 30.7 Å². The lowest BCUT2D eigenvalue weighted by atomic mass is 9.81. The lowest BCUT2D eigenvalue weighted by Gasteiger charge is -2.24. The molecule has 1 aromatic carbocycles. The summed E-state index contributed by atoms with van der Waals surface area (Å²) >= 11 is 1.62. The molecular formula is C14H15N3S. The average molecular weight is 257 g/mol. The first-order valence-electron chi connectivity index (χ1n) is 5.91. The Morgan fingerprint density at radius 3 is 2.72 bits per heavy atom. The van der Waals surface area contributed by atoms with Gasteiger partial charge in [-0.3, -0.25) is 4.57 Å². The lowest BCUT2D eigenvalue weighted by molar-refractivity contribution is 0.579. The highest BCUT2D eigenvalue weighted by atomic mass is 32.2. The van der Waals surface area contributed by atoms with Gasteiger partial charge in [0.1, 0.15) is 5.82 Å². The van der Waals surface area contributed by atoms with Crippen LogP contribution in [0.2, 0.25) is 0 Å². The summed E-state index contributed by atoms with van der Waals surface area (Å²) in [6.45, 7) is 4.40. The number of hydrogen-bond donors (Lipinski definition) is 0. The van der Waals surface area contributed by atoms with Crippen LogP contribution in [0.5, 0.6) is 0 Å². The van der Waals surface area contributed by atoms with Gasteiger partial charge in [-0.2, -0.15) is 0 Å². The van der Waals surface area contributed by atoms with E-state index in [0.29, 0.717) is 0 Å². The van der Waals surface area contributed by atoms with Gasteiger partial charge in [-0.15, -0.1) is 10.2 Å². The van der Waals surface area contributed by atoms with E-state index in [1.807, 2.05) is 6.26 Å². The predicted octanol–water partition coefficient (Wildman–Crippen LogP) is 3.27. The maximum atomic E-state index is 4.38. The average Bonchev–Trinajstić information content (AvgIpc) is 2.75. The van der Waals surface area contributed by atoms with Gasteiger partial charge >= 0.3 is 0 Å². The van der Waals surface area contributed by atoms with Crippen LogP contribution >= 0.6 is 11.8 Å². The third kappa shape index (κ3) is 1.52. The van der Waals surface area contributed by atoms with Crippen LogP contribution in [0.1, 0.15) is 30.8 Å². The van der Waals surface area contributed by atoms with Gasteiger partial charge in [0.05, 0.1) is 5.41 Å². The minimum atomic E-state index is -0.138. The van der Waals surface area contributed by atoms with E-state index >= 15 is 0 Å². The molecular weight excluding hydrogens is 242 g/mol. The smallest absolute Gasteiger partial charge is 0.195 e. The van der Waals surface area contributed by atoms with E-state index in [1.54, 1.807) is 11.8 Å². The lowest BCUT2D eigenvalue weighted by Crippen LogP contribution is -2.23. The Morgan fingerprint density at radius 2 is 1.94 bits per heavy atom. The van der Waals surface area contributed by atoms with Crippen LogP contribution < -0.4 is 0 Å². The molecule has 0 atom stereocenters. The maximum absolute atomic E-state index is 4.38. The molecule has 0 N–H and O–H groups in total. The van der Waals surface area contributed by atoms with Crippen molar-refractivity contribution in [2.75, 3.05) is 6.26 Å². The fourth-order valence-corrected chi connectivity index (χ4v) is 2.93. The highest BCUT2D eigenvalue weighted by molar-refractivity contribution is 7.98. The van der Waals surface area contributed by atoms with Gasteiger partial charge in [0.2, 0.25) is 0 Å². The Labute approximate surface area is 111 Å². The van der Waals surface area contributed by atoms with Crippen molar-refractivity contribution in [3.05, 3.63) is 41.2 Å². The van der Waals surface area contributed by atoms with Crippen LogP contribution in [0, 0.1) is 0 Å². The number of hydrogen-bond acceptors (Lipinski definition) is 3. The SMILES string of the molecule is CSc1nnc2n1C=Cc1ccccc1C2(C)C. The number of nitrogens with zero attached hydrogens (tertiary/aromatic N) is 3. The number of thioether (sulfide) groups is 1. The third-order valence-corrected chi connectivity index (χ3v) is 4.09. The molecule has 0 saturated carbocycles. The van der Waals surface area contributed by atoms with Gasteiger partial charge < -0.3 is 0 Å². The zero-order valence-electron chi connectivity index (χ0n) is 10.7. The van der Waals surface area contributed by atoms with Crippen LogP contribution in [0.3, 0.4) is 0 Å². The summed E-state index contributed by atoms with van der Waals surface area (Å²) in [4.78, 5) is 0. The second-order valence-electron chi connectivity index (χ2n) is 4.91. The summed E-state index contributed by atoms with van der Waals surface area (Å²) in [6, 6.07) is 8.46. The van der Waals surface area contributed by atoms with Crippen molar-refractivity contribution in [1.82, 2.24) is 14.8 Å². The van der Waals surface area contributed by atoms with Gasteiger partial charge in [-0.05, 0) is 37.3 Å². The zero-order chi connectivity index (χ0) is 12.8. The highest BCUT2D eigenvalue weighted by Gasteiger charge is 2.32. The molecule has 0 bridgehead atoms. The molecule has 92 valence electrons. The van der Waals surface area contributed by atoms with Crippen LogP contribution in [-0.2, 0) is 5.41 Å². The Bertz CT molecular complexity index is 626. The second-order valence-corrected chi connectivity index (χ2v) is 5.68. The summed E-state index contributed by atoms with van der Waals surface area (Å²) < 4.78 is 2.09.